The van der Waals surface area contributed by atoms with E-state index in [-0.39, 0.29) is 85.8 Å². The van der Waals surface area contributed by atoms with Crippen molar-refractivity contribution in [3.8, 4) is 78.5 Å². The molecule has 7 nitrogen and oxygen atoms in total. The topological polar surface area (TPSA) is 81.8 Å². The van der Waals surface area contributed by atoms with Crippen LogP contribution in [-0.4, -0.2) is 31.5 Å². The van der Waals surface area contributed by atoms with Gasteiger partial charge >= 0.3 is 0 Å². The molecule has 15 aromatic rings. The molecule has 490 valence electrons. The number of rotatable bonds is 7. The zero-order valence-electron chi connectivity index (χ0n) is 53.5. The summed E-state index contributed by atoms with van der Waals surface area (Å²) in [5, 5.41) is 6.69. The van der Waals surface area contributed by atoms with Crippen LogP contribution in [0.3, 0.4) is 0 Å². The van der Waals surface area contributed by atoms with Gasteiger partial charge in [-0.2, -0.15) is 12.1 Å². The molecular weight excluding hydrogens is 1910 g/mol. The molecule has 6 heterocycles. The fourth-order valence-corrected chi connectivity index (χ4v) is 11.1. The van der Waals surface area contributed by atoms with Gasteiger partial charge in [0.25, 0.3) is 0 Å². The molecule has 0 bridgehead atoms. The molecule has 0 amide bonds. The summed E-state index contributed by atoms with van der Waals surface area (Å²) in [7, 11) is 0. The Morgan fingerprint density at radius 1 is 0.347 bits per heavy atom. The number of hydrogen-bond acceptors (Lipinski definition) is 6. The SMILES string of the molecule is CC1(C)c2ccccc2-c2c[c-]c(N3C=CC[N-]3)cc21.[Ir].[Ir].[Ir].[Ir].[c-]1ccc(-c2ccccc2)cc1-c1ccccn1.[c-]1ccccc1-c1ccccn1.[c-]1ccccc1-c1ccccn1.[c-]1ccccc1-c1nccc2ccccc12.[c-]1ccccc1-c1nccc2ccccc12. The quantitative estimate of drug-likeness (QED) is 0.148. The van der Waals surface area contributed by atoms with Crippen LogP contribution in [0.25, 0.3) is 106 Å². The summed E-state index contributed by atoms with van der Waals surface area (Å²) in [5.41, 5.74) is 23.4. The first-order valence-electron chi connectivity index (χ1n) is 31.1. The predicted molar refractivity (Wildman–Crippen MR) is 386 cm³/mol. The van der Waals surface area contributed by atoms with Crippen molar-refractivity contribution in [1.82, 2.24) is 24.9 Å². The number of anilines is 1. The Morgan fingerprint density at radius 3 is 1.28 bits per heavy atom. The Hall–Kier alpha value is -9.43. The number of hydrogen-bond donors (Lipinski definition) is 0. The molecule has 0 atom stereocenters. The van der Waals surface area contributed by atoms with Crippen LogP contribution in [0.4, 0.5) is 5.69 Å². The van der Waals surface area contributed by atoms with Gasteiger partial charge in [0, 0.05) is 111 Å². The zero-order valence-corrected chi connectivity index (χ0v) is 63.1. The van der Waals surface area contributed by atoms with Crippen LogP contribution in [0.2, 0.25) is 0 Å². The normalized spacial score (nSPS) is 11.4. The minimum atomic E-state index is 0. The van der Waals surface area contributed by atoms with Crippen molar-refractivity contribution < 1.29 is 80.4 Å². The third kappa shape index (κ3) is 19.2. The maximum atomic E-state index is 4.45. The minimum absolute atomic E-state index is 0. The summed E-state index contributed by atoms with van der Waals surface area (Å²) in [4.78, 5) is 21.7. The van der Waals surface area contributed by atoms with Gasteiger partial charge in [0.05, 0.1) is 0 Å². The zero-order chi connectivity index (χ0) is 64.0. The van der Waals surface area contributed by atoms with E-state index in [0.29, 0.717) is 0 Å². The molecule has 0 saturated carbocycles. The van der Waals surface area contributed by atoms with Crippen LogP contribution in [0, 0.1) is 36.4 Å². The molecule has 17 rings (SSSR count). The van der Waals surface area contributed by atoms with E-state index >= 15 is 0 Å². The molecule has 4 radical (unpaired) electrons. The van der Waals surface area contributed by atoms with E-state index in [4.69, 9.17) is 0 Å². The molecule has 98 heavy (non-hydrogen) atoms. The minimum Gasteiger partial charge on any atom is -0.562 e. The summed E-state index contributed by atoms with van der Waals surface area (Å²) in [6.07, 6.45) is 13.1. The van der Waals surface area contributed by atoms with Gasteiger partial charge in [0.2, 0.25) is 0 Å². The first-order chi connectivity index (χ1) is 46.4. The predicted octanol–water partition coefficient (Wildman–Crippen LogP) is 21.1. The van der Waals surface area contributed by atoms with Crippen molar-refractivity contribution in [2.45, 2.75) is 19.3 Å². The first kappa shape index (κ1) is 74.4. The number of aromatic nitrogens is 5. The summed E-state index contributed by atoms with van der Waals surface area (Å²) < 4.78 is 0. The Morgan fingerprint density at radius 2 is 0.796 bits per heavy atom. The number of pyridine rings is 5. The van der Waals surface area contributed by atoms with Gasteiger partial charge in [0.1, 0.15) is 0 Å². The van der Waals surface area contributed by atoms with Gasteiger partial charge in [-0.05, 0) is 103 Å². The molecule has 5 aromatic heterocycles. The van der Waals surface area contributed by atoms with Crippen molar-refractivity contribution in [1.29, 1.82) is 0 Å². The molecule has 1 aliphatic carbocycles. The molecule has 0 fully saturated rings. The molecule has 0 N–H and O–H groups in total. The summed E-state index contributed by atoms with van der Waals surface area (Å²) in [6, 6.07) is 119. The van der Waals surface area contributed by atoms with E-state index < -0.39 is 0 Å². The standard InChI is InChI=1S/C18H16N2.C17H12N.2C15H10N.2C11H8N.4Ir/c1-18(2)16-7-4-3-6-14(16)15-9-8-13(12-17(15)18)20-11-5-10-19-20;1-2-7-14(8-3-1)15-9-6-10-16(13-15)17-11-4-5-12-18-17;2*1-2-7-13(8-3-1)15-14-9-5-4-6-12(14)10-11-16-15;2*1-2-6-10(7-3-1)11-8-4-5-9-12-11;;;;/h3-7,9,11-12H,10H2,1-2H3;1-9,11-13H;2*1-7,9-11H;2*1-6,8-9H;;;;/q-2;5*-1;;;;. The van der Waals surface area contributed by atoms with E-state index in [9.17, 15) is 0 Å². The molecule has 0 saturated heterocycles. The van der Waals surface area contributed by atoms with Crippen molar-refractivity contribution in [2.75, 3.05) is 11.6 Å². The fraction of sp³-hybridized carbons (Fsp3) is 0.0460. The molecule has 0 unspecified atom stereocenters. The van der Waals surface area contributed by atoms with Crippen LogP contribution in [0.1, 0.15) is 25.0 Å². The van der Waals surface area contributed by atoms with Crippen LogP contribution >= 0.6 is 0 Å². The second-order valence-corrected chi connectivity index (χ2v) is 22.2. The van der Waals surface area contributed by atoms with E-state index in [1.54, 1.807) is 18.6 Å². The van der Waals surface area contributed by atoms with Gasteiger partial charge in [-0.1, -0.05) is 171 Å². The van der Waals surface area contributed by atoms with E-state index in [0.717, 1.165) is 68.5 Å². The van der Waals surface area contributed by atoms with E-state index in [2.05, 4.69) is 172 Å². The van der Waals surface area contributed by atoms with Crippen LogP contribution in [0.15, 0.2) is 341 Å². The first-order valence-corrected chi connectivity index (χ1v) is 31.1. The average Bonchev–Trinajstić information content (AvgIpc) is 1.58. The van der Waals surface area contributed by atoms with Crippen molar-refractivity contribution in [3.63, 3.8) is 0 Å². The summed E-state index contributed by atoms with van der Waals surface area (Å²) in [5.74, 6) is 0. The Balaban J connectivity index is 0.000000150. The van der Waals surface area contributed by atoms with Gasteiger partial charge in [-0.3, -0.25) is 0 Å². The largest absolute Gasteiger partial charge is 0.562 e. The van der Waals surface area contributed by atoms with Gasteiger partial charge in [-0.15, -0.1) is 203 Å². The summed E-state index contributed by atoms with van der Waals surface area (Å²) >= 11 is 0. The second-order valence-electron chi connectivity index (χ2n) is 22.2. The van der Waals surface area contributed by atoms with Gasteiger partial charge < -0.3 is 35.4 Å². The van der Waals surface area contributed by atoms with Gasteiger partial charge in [-0.25, -0.2) is 0 Å². The van der Waals surface area contributed by atoms with Crippen LogP contribution in [0.5, 0.6) is 0 Å². The third-order valence-electron chi connectivity index (χ3n) is 15.8. The molecule has 1 aliphatic heterocycles. The number of nitrogens with zero attached hydrogens (tertiary/aromatic N) is 7. The van der Waals surface area contributed by atoms with Crippen molar-refractivity contribution >= 4 is 27.2 Å². The maximum Gasteiger partial charge on any atom is 0.0167 e. The third-order valence-corrected chi connectivity index (χ3v) is 15.8. The summed E-state index contributed by atoms with van der Waals surface area (Å²) in [6.45, 7) is 5.34. The fourth-order valence-electron chi connectivity index (χ4n) is 11.1. The Bertz CT molecular complexity index is 4540. The molecule has 11 heteroatoms. The van der Waals surface area contributed by atoms with Crippen molar-refractivity contribution in [2.24, 2.45) is 0 Å². The monoisotopic (exact) mass is 1980 g/mol. The maximum absolute atomic E-state index is 4.45. The van der Waals surface area contributed by atoms with Crippen molar-refractivity contribution in [3.05, 3.63) is 393 Å². The number of benzene rings is 10. The second kappa shape index (κ2) is 37.9. The smallest absolute Gasteiger partial charge is 0.0167 e. The average molecular weight is 1980 g/mol. The van der Waals surface area contributed by atoms with E-state index in [1.165, 1.54) is 54.9 Å². The number of fused-ring (bicyclic) bond motifs is 5. The van der Waals surface area contributed by atoms with Gasteiger partial charge in [0.15, 0.2) is 0 Å². The molecular formula is C87H64Ir4N7-7. The van der Waals surface area contributed by atoms with Crippen LogP contribution in [-0.2, 0) is 85.8 Å². The Labute approximate surface area is 629 Å². The molecule has 2 aliphatic rings. The Kier molecular flexibility index (Phi) is 28.8. The van der Waals surface area contributed by atoms with Crippen LogP contribution < -0.4 is 5.01 Å². The van der Waals surface area contributed by atoms with E-state index in [1.807, 2.05) is 236 Å². The molecule has 10 aromatic carbocycles. The molecule has 0 spiro atoms.